The summed E-state index contributed by atoms with van der Waals surface area (Å²) in [7, 11) is 2.43. The molecule has 2 heterocycles. The molecule has 0 saturated carbocycles. The van der Waals surface area contributed by atoms with Crippen molar-refractivity contribution >= 4 is 28.9 Å². The highest BCUT2D eigenvalue weighted by Crippen LogP contribution is 2.26. The number of fused-ring (bicyclic) bond motifs is 1. The molecule has 0 aliphatic heterocycles. The number of anilines is 1. The number of carbonyl (C=O) groups excluding carboxylic acids is 2. The molecule has 0 fully saturated rings. The molecule has 3 aromatic rings. The van der Waals surface area contributed by atoms with Crippen LogP contribution in [0.25, 0.3) is 11.2 Å². The number of carbonyl (C=O) groups is 2. The zero-order valence-electron chi connectivity index (χ0n) is 17.4. The SMILES string of the molecule is CCCCOc1nc(N)c2nc(O)n(Cc3ccc(C(=O)OC)c(C(=O)OC)c3)c2n1. The van der Waals surface area contributed by atoms with Crippen LogP contribution in [-0.4, -0.2) is 57.4 Å². The first-order chi connectivity index (χ1) is 14.9. The molecule has 164 valence electrons. The molecule has 0 aliphatic carbocycles. The van der Waals surface area contributed by atoms with Gasteiger partial charge in [-0.3, -0.25) is 4.57 Å². The maximum Gasteiger partial charge on any atom is 0.338 e. The van der Waals surface area contributed by atoms with E-state index in [4.69, 9.17) is 19.9 Å². The van der Waals surface area contributed by atoms with Crippen molar-refractivity contribution in [2.45, 2.75) is 26.3 Å². The normalized spacial score (nSPS) is 10.8. The van der Waals surface area contributed by atoms with Gasteiger partial charge in [0.25, 0.3) is 6.01 Å². The molecule has 31 heavy (non-hydrogen) atoms. The summed E-state index contributed by atoms with van der Waals surface area (Å²) in [6.45, 7) is 2.54. The minimum absolute atomic E-state index is 0.0356. The van der Waals surface area contributed by atoms with E-state index in [1.165, 1.54) is 30.9 Å². The predicted molar refractivity (Wildman–Crippen MR) is 110 cm³/mol. The lowest BCUT2D eigenvalue weighted by Crippen LogP contribution is -2.13. The van der Waals surface area contributed by atoms with Crippen molar-refractivity contribution in [2.24, 2.45) is 0 Å². The van der Waals surface area contributed by atoms with Crippen LogP contribution in [0.3, 0.4) is 0 Å². The minimum atomic E-state index is -0.694. The Morgan fingerprint density at radius 1 is 1.10 bits per heavy atom. The molecule has 1 aromatic carbocycles. The number of nitrogens with zero attached hydrogens (tertiary/aromatic N) is 4. The molecule has 0 unspecified atom stereocenters. The third-order valence-electron chi connectivity index (χ3n) is 4.55. The number of hydrogen-bond donors (Lipinski definition) is 2. The van der Waals surface area contributed by atoms with Gasteiger partial charge >= 0.3 is 17.9 Å². The largest absolute Gasteiger partial charge is 0.480 e. The van der Waals surface area contributed by atoms with Gasteiger partial charge in [0.2, 0.25) is 0 Å². The summed E-state index contributed by atoms with van der Waals surface area (Å²) in [5, 5.41) is 10.4. The monoisotopic (exact) mass is 429 g/mol. The summed E-state index contributed by atoms with van der Waals surface area (Å²) in [6, 6.07) is 4.29. The first kappa shape index (κ1) is 21.8. The Kier molecular flexibility index (Phi) is 6.53. The molecular weight excluding hydrogens is 406 g/mol. The lowest BCUT2D eigenvalue weighted by Gasteiger charge is -2.11. The number of ether oxygens (including phenoxy) is 3. The van der Waals surface area contributed by atoms with Crippen LogP contribution in [0, 0.1) is 0 Å². The number of nitrogens with two attached hydrogens (primary N) is 1. The number of esters is 2. The van der Waals surface area contributed by atoms with Crippen LogP contribution < -0.4 is 10.5 Å². The number of aromatic nitrogens is 4. The van der Waals surface area contributed by atoms with Gasteiger partial charge in [-0.2, -0.15) is 15.0 Å². The summed E-state index contributed by atoms with van der Waals surface area (Å²) in [5.74, 6) is -1.29. The fourth-order valence-corrected chi connectivity index (χ4v) is 2.95. The van der Waals surface area contributed by atoms with Gasteiger partial charge in [0.1, 0.15) is 0 Å². The summed E-state index contributed by atoms with van der Waals surface area (Å²) >= 11 is 0. The molecule has 0 aliphatic rings. The molecule has 3 rings (SSSR count). The second-order valence-corrected chi connectivity index (χ2v) is 6.63. The van der Waals surface area contributed by atoms with Crippen molar-refractivity contribution in [1.82, 2.24) is 19.5 Å². The molecule has 11 nitrogen and oxygen atoms in total. The van der Waals surface area contributed by atoms with Crippen molar-refractivity contribution < 1.29 is 28.9 Å². The Labute approximate surface area is 177 Å². The third-order valence-corrected chi connectivity index (χ3v) is 4.55. The lowest BCUT2D eigenvalue weighted by atomic mass is 10.0. The molecule has 0 saturated heterocycles. The highest BCUT2D eigenvalue weighted by molar-refractivity contribution is 6.03. The topological polar surface area (TPSA) is 152 Å². The third kappa shape index (κ3) is 4.49. The fraction of sp³-hybridized carbons (Fsp3) is 0.350. The first-order valence-corrected chi connectivity index (χ1v) is 9.54. The molecule has 2 aromatic heterocycles. The first-order valence-electron chi connectivity index (χ1n) is 9.54. The number of benzene rings is 1. The molecule has 0 radical (unpaired) electrons. The molecular formula is C20H23N5O6. The van der Waals surface area contributed by atoms with Gasteiger partial charge < -0.3 is 25.1 Å². The van der Waals surface area contributed by atoms with E-state index < -0.39 is 11.9 Å². The number of methoxy groups -OCH3 is 2. The van der Waals surface area contributed by atoms with Crippen LogP contribution in [0.5, 0.6) is 12.0 Å². The highest BCUT2D eigenvalue weighted by atomic mass is 16.5. The van der Waals surface area contributed by atoms with E-state index in [9.17, 15) is 14.7 Å². The van der Waals surface area contributed by atoms with Gasteiger partial charge in [0, 0.05) is 0 Å². The fourth-order valence-electron chi connectivity index (χ4n) is 2.95. The Hall–Kier alpha value is -3.89. The van der Waals surface area contributed by atoms with Gasteiger partial charge in [0.05, 0.1) is 38.5 Å². The van der Waals surface area contributed by atoms with Gasteiger partial charge in [-0.15, -0.1) is 0 Å². The number of imidazole rings is 1. The number of unbranched alkanes of at least 4 members (excludes halogenated alkanes) is 1. The van der Waals surface area contributed by atoms with Crippen LogP contribution in [0.15, 0.2) is 18.2 Å². The van der Waals surface area contributed by atoms with Crippen LogP contribution in [0.1, 0.15) is 46.0 Å². The van der Waals surface area contributed by atoms with Crippen LogP contribution in [0.4, 0.5) is 5.82 Å². The Morgan fingerprint density at radius 3 is 2.48 bits per heavy atom. The van der Waals surface area contributed by atoms with Gasteiger partial charge in [-0.25, -0.2) is 9.59 Å². The van der Waals surface area contributed by atoms with Crippen molar-refractivity contribution in [1.29, 1.82) is 0 Å². The van der Waals surface area contributed by atoms with E-state index in [1.54, 1.807) is 6.07 Å². The second-order valence-electron chi connectivity index (χ2n) is 6.63. The highest BCUT2D eigenvalue weighted by Gasteiger charge is 2.21. The number of aromatic hydroxyl groups is 1. The summed E-state index contributed by atoms with van der Waals surface area (Å²) < 4.78 is 16.4. The zero-order valence-corrected chi connectivity index (χ0v) is 17.4. The maximum atomic E-state index is 12.2. The van der Waals surface area contributed by atoms with Gasteiger partial charge in [-0.05, 0) is 24.1 Å². The predicted octanol–water partition coefficient (Wildman–Crippen LogP) is 1.91. The van der Waals surface area contributed by atoms with Crippen LogP contribution in [-0.2, 0) is 16.0 Å². The summed E-state index contributed by atoms with van der Waals surface area (Å²) in [4.78, 5) is 36.5. The number of rotatable bonds is 8. The second kappa shape index (κ2) is 9.28. The van der Waals surface area contributed by atoms with Gasteiger partial charge in [0.15, 0.2) is 17.0 Å². The number of nitrogen functional groups attached to an aromatic ring is 1. The van der Waals surface area contributed by atoms with Crippen molar-refractivity contribution in [3.8, 4) is 12.0 Å². The van der Waals surface area contributed by atoms with Crippen LogP contribution in [0.2, 0.25) is 0 Å². The Balaban J connectivity index is 2.01. The quantitative estimate of drug-likeness (QED) is 0.401. The van der Waals surface area contributed by atoms with Gasteiger partial charge in [-0.1, -0.05) is 19.4 Å². The average Bonchev–Trinajstić information content (AvgIpc) is 3.08. The minimum Gasteiger partial charge on any atom is -0.480 e. The van der Waals surface area contributed by atoms with Crippen molar-refractivity contribution in [2.75, 3.05) is 26.6 Å². The lowest BCUT2D eigenvalue weighted by molar-refractivity contribution is 0.0555. The standard InChI is InChI=1S/C20H23N5O6/c1-4-5-8-31-19-23-15(21)14-16(24-19)25(20(28)22-14)10-11-6-7-12(17(26)29-2)13(9-11)18(27)30-3/h6-7,9H,4-5,8,10H2,1-3H3,(H,22,28)(H2,21,23,24). The van der Waals surface area contributed by atoms with E-state index in [-0.39, 0.29) is 46.7 Å². The van der Waals surface area contributed by atoms with E-state index >= 15 is 0 Å². The summed E-state index contributed by atoms with van der Waals surface area (Å²) in [5.41, 5.74) is 7.13. The van der Waals surface area contributed by atoms with Crippen LogP contribution >= 0.6 is 0 Å². The Bertz CT molecular complexity index is 1130. The van der Waals surface area contributed by atoms with Crippen molar-refractivity contribution in [3.05, 3.63) is 34.9 Å². The van der Waals surface area contributed by atoms with E-state index in [0.717, 1.165) is 12.8 Å². The smallest absolute Gasteiger partial charge is 0.338 e. The molecule has 0 amide bonds. The van der Waals surface area contributed by atoms with E-state index in [2.05, 4.69) is 15.0 Å². The summed E-state index contributed by atoms with van der Waals surface area (Å²) in [6.07, 6.45) is 1.77. The Morgan fingerprint density at radius 2 is 1.81 bits per heavy atom. The van der Waals surface area contributed by atoms with E-state index in [0.29, 0.717) is 12.2 Å². The number of hydrogen-bond acceptors (Lipinski definition) is 10. The molecule has 0 atom stereocenters. The van der Waals surface area contributed by atoms with E-state index in [1.807, 2.05) is 6.92 Å². The maximum absolute atomic E-state index is 12.2. The average molecular weight is 429 g/mol. The van der Waals surface area contributed by atoms with Crippen molar-refractivity contribution in [3.63, 3.8) is 0 Å². The molecule has 0 spiro atoms. The molecule has 3 N–H and O–H groups in total. The molecule has 0 bridgehead atoms. The zero-order chi connectivity index (χ0) is 22.5. The molecule has 11 heteroatoms.